The van der Waals surface area contributed by atoms with Crippen molar-refractivity contribution in [2.24, 2.45) is 0 Å². The molecular weight excluding hydrogens is 240 g/mol. The maximum Gasteiger partial charge on any atom is 0.137 e. The van der Waals surface area contributed by atoms with Gasteiger partial charge in [0, 0.05) is 13.3 Å². The number of aromatic nitrogens is 1. The number of rotatable bonds is 6. The van der Waals surface area contributed by atoms with Crippen molar-refractivity contribution in [2.45, 2.75) is 44.2 Å². The van der Waals surface area contributed by atoms with E-state index < -0.39 is 0 Å². The third-order valence-electron chi connectivity index (χ3n) is 4.09. The van der Waals surface area contributed by atoms with Crippen LogP contribution in [-0.2, 0) is 4.74 Å². The number of nitrogens with zero attached hydrogens (tertiary/aromatic N) is 1. The third-order valence-corrected chi connectivity index (χ3v) is 4.09. The molecule has 0 aromatic carbocycles. The van der Waals surface area contributed by atoms with Gasteiger partial charge < -0.3 is 14.8 Å². The van der Waals surface area contributed by atoms with E-state index in [-0.39, 0.29) is 11.6 Å². The zero-order chi connectivity index (χ0) is 13.7. The van der Waals surface area contributed by atoms with E-state index in [1.165, 1.54) is 12.8 Å². The zero-order valence-electron chi connectivity index (χ0n) is 12.1. The number of methoxy groups -OCH3 is 2. The summed E-state index contributed by atoms with van der Waals surface area (Å²) in [5.41, 5.74) is 1.04. The molecule has 1 aliphatic rings. The van der Waals surface area contributed by atoms with Crippen LogP contribution in [0.2, 0.25) is 0 Å². The molecule has 19 heavy (non-hydrogen) atoms. The molecule has 1 aliphatic carbocycles. The second kappa shape index (κ2) is 6.35. The van der Waals surface area contributed by atoms with Crippen LogP contribution in [0.15, 0.2) is 18.5 Å². The van der Waals surface area contributed by atoms with Crippen LogP contribution in [-0.4, -0.2) is 31.3 Å². The molecule has 0 bridgehead atoms. The molecular formula is C15H24N2O2. The summed E-state index contributed by atoms with van der Waals surface area (Å²) in [6, 6.07) is 2.23. The minimum absolute atomic E-state index is 0.107. The van der Waals surface area contributed by atoms with E-state index in [2.05, 4.69) is 23.3 Å². The number of hydrogen-bond donors (Lipinski definition) is 1. The molecule has 0 saturated heterocycles. The van der Waals surface area contributed by atoms with Gasteiger partial charge in [0.15, 0.2) is 0 Å². The maximum atomic E-state index is 5.91. The second-order valence-electron chi connectivity index (χ2n) is 5.12. The van der Waals surface area contributed by atoms with E-state index in [9.17, 15) is 0 Å². The van der Waals surface area contributed by atoms with Crippen LogP contribution < -0.4 is 10.1 Å². The lowest BCUT2D eigenvalue weighted by Crippen LogP contribution is -2.43. The molecule has 1 aromatic rings. The number of likely N-dealkylation sites (N-methyl/N-ethyl adjacent to an activating group) is 1. The van der Waals surface area contributed by atoms with Crippen molar-refractivity contribution in [3.63, 3.8) is 0 Å². The van der Waals surface area contributed by atoms with Crippen molar-refractivity contribution in [2.75, 3.05) is 20.8 Å². The average molecular weight is 264 g/mol. The van der Waals surface area contributed by atoms with Crippen LogP contribution in [0.25, 0.3) is 0 Å². The molecule has 1 saturated carbocycles. The van der Waals surface area contributed by atoms with Crippen molar-refractivity contribution < 1.29 is 9.47 Å². The quantitative estimate of drug-likeness (QED) is 0.858. The van der Waals surface area contributed by atoms with Crippen molar-refractivity contribution in [1.82, 2.24) is 10.3 Å². The lowest BCUT2D eigenvalue weighted by Gasteiger charge is -2.37. The summed E-state index contributed by atoms with van der Waals surface area (Å²) >= 11 is 0. The molecule has 0 amide bonds. The van der Waals surface area contributed by atoms with Crippen LogP contribution in [0.5, 0.6) is 5.75 Å². The standard InChI is InChI=1S/C15H24N2O2/c1-4-17-14(15(19-3)7-5-6-8-15)12-9-13(18-2)11-16-10-12/h9-11,14,17H,4-8H2,1-3H3. The second-order valence-corrected chi connectivity index (χ2v) is 5.12. The summed E-state index contributed by atoms with van der Waals surface area (Å²) in [4.78, 5) is 4.27. The molecule has 4 heteroatoms. The molecule has 1 aromatic heterocycles. The monoisotopic (exact) mass is 264 g/mol. The van der Waals surface area contributed by atoms with Gasteiger partial charge in [-0.15, -0.1) is 0 Å². The Bertz CT molecular complexity index is 403. The molecule has 1 N–H and O–H groups in total. The fraction of sp³-hybridized carbons (Fsp3) is 0.667. The first kappa shape index (κ1) is 14.3. The Morgan fingerprint density at radius 1 is 1.32 bits per heavy atom. The Morgan fingerprint density at radius 3 is 2.63 bits per heavy atom. The molecule has 0 aliphatic heterocycles. The van der Waals surface area contributed by atoms with Gasteiger partial charge in [-0.2, -0.15) is 0 Å². The number of nitrogens with one attached hydrogen (secondary N) is 1. The first-order valence-electron chi connectivity index (χ1n) is 7.03. The summed E-state index contributed by atoms with van der Waals surface area (Å²) in [5, 5.41) is 3.56. The van der Waals surface area contributed by atoms with Crippen molar-refractivity contribution >= 4 is 0 Å². The van der Waals surface area contributed by atoms with Crippen molar-refractivity contribution in [3.8, 4) is 5.75 Å². The van der Waals surface area contributed by atoms with Gasteiger partial charge >= 0.3 is 0 Å². The Labute approximate surface area is 115 Å². The normalized spacial score (nSPS) is 19.3. The summed E-state index contributed by atoms with van der Waals surface area (Å²) < 4.78 is 11.2. The minimum atomic E-state index is -0.107. The van der Waals surface area contributed by atoms with Crippen molar-refractivity contribution in [1.29, 1.82) is 0 Å². The third kappa shape index (κ3) is 2.90. The van der Waals surface area contributed by atoms with Crippen molar-refractivity contribution in [3.05, 3.63) is 24.0 Å². The van der Waals surface area contributed by atoms with Gasteiger partial charge in [0.05, 0.1) is 24.9 Å². The van der Waals surface area contributed by atoms with Gasteiger partial charge in [-0.3, -0.25) is 4.98 Å². The molecule has 1 fully saturated rings. The highest BCUT2D eigenvalue weighted by atomic mass is 16.5. The van der Waals surface area contributed by atoms with Crippen LogP contribution in [0, 0.1) is 0 Å². The fourth-order valence-electron chi connectivity index (χ4n) is 3.10. The summed E-state index contributed by atoms with van der Waals surface area (Å²) in [7, 11) is 3.49. The van der Waals surface area contributed by atoms with E-state index in [1.807, 2.05) is 13.3 Å². The molecule has 2 rings (SSSR count). The molecule has 1 heterocycles. The van der Waals surface area contributed by atoms with Gasteiger partial charge in [-0.25, -0.2) is 0 Å². The first-order valence-corrected chi connectivity index (χ1v) is 7.03. The highest BCUT2D eigenvalue weighted by Gasteiger charge is 2.42. The smallest absolute Gasteiger partial charge is 0.137 e. The predicted octanol–water partition coefficient (Wildman–Crippen LogP) is 2.70. The Balaban J connectivity index is 2.32. The van der Waals surface area contributed by atoms with E-state index in [0.29, 0.717) is 0 Å². The SMILES string of the molecule is CCNC(c1cncc(OC)c1)C1(OC)CCCC1. The van der Waals surface area contributed by atoms with E-state index >= 15 is 0 Å². The van der Waals surface area contributed by atoms with Crippen LogP contribution in [0.4, 0.5) is 0 Å². The maximum absolute atomic E-state index is 5.91. The molecule has 0 radical (unpaired) electrons. The van der Waals surface area contributed by atoms with Gasteiger partial charge in [0.2, 0.25) is 0 Å². The van der Waals surface area contributed by atoms with Gasteiger partial charge in [-0.1, -0.05) is 19.8 Å². The molecule has 1 unspecified atom stereocenters. The predicted molar refractivity (Wildman–Crippen MR) is 75.4 cm³/mol. The lowest BCUT2D eigenvalue weighted by atomic mass is 9.87. The number of hydrogen-bond acceptors (Lipinski definition) is 4. The molecule has 106 valence electrons. The number of pyridine rings is 1. The van der Waals surface area contributed by atoms with Gasteiger partial charge in [0.1, 0.15) is 5.75 Å². The topological polar surface area (TPSA) is 43.4 Å². The fourth-order valence-corrected chi connectivity index (χ4v) is 3.10. The first-order chi connectivity index (χ1) is 9.25. The van der Waals surface area contributed by atoms with E-state index in [4.69, 9.17) is 9.47 Å². The number of ether oxygens (including phenoxy) is 2. The Morgan fingerprint density at radius 2 is 2.05 bits per heavy atom. The summed E-state index contributed by atoms with van der Waals surface area (Å²) in [5.74, 6) is 0.796. The molecule has 0 spiro atoms. The Hall–Kier alpha value is -1.13. The minimum Gasteiger partial charge on any atom is -0.495 e. The van der Waals surface area contributed by atoms with Gasteiger partial charge in [0.25, 0.3) is 0 Å². The largest absolute Gasteiger partial charge is 0.495 e. The van der Waals surface area contributed by atoms with Crippen LogP contribution in [0.3, 0.4) is 0 Å². The molecule has 1 atom stereocenters. The summed E-state index contributed by atoms with van der Waals surface area (Å²) in [6.45, 7) is 3.03. The van der Waals surface area contributed by atoms with E-state index in [0.717, 1.165) is 30.7 Å². The van der Waals surface area contributed by atoms with Gasteiger partial charge in [-0.05, 0) is 31.0 Å². The Kier molecular flexibility index (Phi) is 4.77. The highest BCUT2D eigenvalue weighted by molar-refractivity contribution is 5.28. The lowest BCUT2D eigenvalue weighted by molar-refractivity contribution is -0.0365. The summed E-state index contributed by atoms with van der Waals surface area (Å²) in [6.07, 6.45) is 8.30. The average Bonchev–Trinajstić information content (AvgIpc) is 2.94. The van der Waals surface area contributed by atoms with E-state index in [1.54, 1.807) is 13.3 Å². The zero-order valence-corrected chi connectivity index (χ0v) is 12.1. The molecule has 4 nitrogen and oxygen atoms in total. The van der Waals surface area contributed by atoms with Crippen LogP contribution >= 0.6 is 0 Å². The highest BCUT2D eigenvalue weighted by Crippen LogP contribution is 2.42. The van der Waals surface area contributed by atoms with Crippen LogP contribution in [0.1, 0.15) is 44.2 Å².